The van der Waals surface area contributed by atoms with Gasteiger partial charge < -0.3 is 0 Å². The molecule has 0 aliphatic carbocycles. The van der Waals surface area contributed by atoms with Gasteiger partial charge in [0.25, 0.3) is 0 Å². The highest BCUT2D eigenvalue weighted by Gasteiger charge is 2.20. The maximum Gasteiger partial charge on any atom is 0.117 e. The van der Waals surface area contributed by atoms with Gasteiger partial charge in [-0.05, 0) is 5.41 Å². The van der Waals surface area contributed by atoms with Crippen LogP contribution in [-0.2, 0) is 0 Å². The molecule has 0 rings (SSSR count). The van der Waals surface area contributed by atoms with Gasteiger partial charge >= 0.3 is 0 Å². The molecule has 1 radical (unpaired) electrons. The fourth-order valence-corrected chi connectivity index (χ4v) is 0.727. The van der Waals surface area contributed by atoms with Gasteiger partial charge in [0, 0.05) is 0 Å². The average molecular weight is 153 g/mol. The van der Waals surface area contributed by atoms with Gasteiger partial charge in [-0.15, -0.1) is 0 Å². The van der Waals surface area contributed by atoms with Crippen molar-refractivity contribution in [1.82, 2.24) is 0 Å². The van der Waals surface area contributed by atoms with Crippen molar-refractivity contribution >= 4 is 7.28 Å². The van der Waals surface area contributed by atoms with Crippen molar-refractivity contribution in [2.45, 2.75) is 59.6 Å². The number of hydrogen-bond donors (Lipinski definition) is 0. The summed E-state index contributed by atoms with van der Waals surface area (Å²) in [4.78, 5) is 0. The quantitative estimate of drug-likeness (QED) is 0.541. The molecule has 0 aromatic heterocycles. The van der Waals surface area contributed by atoms with Crippen LogP contribution in [0.4, 0.5) is 0 Å². The van der Waals surface area contributed by atoms with E-state index in [0.29, 0.717) is 10.7 Å². The zero-order valence-corrected chi connectivity index (χ0v) is 8.99. The van der Waals surface area contributed by atoms with Gasteiger partial charge in [0.1, 0.15) is 7.28 Å². The van der Waals surface area contributed by atoms with Crippen molar-refractivity contribution in [2.75, 3.05) is 0 Å². The molecule has 0 saturated carbocycles. The van der Waals surface area contributed by atoms with E-state index in [9.17, 15) is 0 Å². The first kappa shape index (κ1) is 11.1. The second-order valence-corrected chi connectivity index (χ2v) is 5.29. The van der Waals surface area contributed by atoms with Crippen LogP contribution in [0.5, 0.6) is 0 Å². The van der Waals surface area contributed by atoms with Crippen molar-refractivity contribution in [3.05, 3.63) is 0 Å². The number of hydrogen-bond acceptors (Lipinski definition) is 0. The minimum atomic E-state index is 0.381. The summed E-state index contributed by atoms with van der Waals surface area (Å²) < 4.78 is 0. The van der Waals surface area contributed by atoms with E-state index in [1.807, 2.05) is 0 Å². The second kappa shape index (κ2) is 3.64. The Kier molecular flexibility index (Phi) is 3.67. The molecule has 0 aliphatic rings. The third-order valence-corrected chi connectivity index (χ3v) is 2.22. The Bertz CT molecular complexity index is 109. The first-order chi connectivity index (χ1) is 4.77. The van der Waals surface area contributed by atoms with Crippen LogP contribution >= 0.6 is 0 Å². The molecule has 0 saturated heterocycles. The summed E-state index contributed by atoms with van der Waals surface area (Å²) >= 11 is 0. The fraction of sp³-hybridized carbons (Fsp3) is 1.00. The molecule has 11 heavy (non-hydrogen) atoms. The zero-order chi connectivity index (χ0) is 9.12. The Morgan fingerprint density at radius 3 is 1.73 bits per heavy atom. The molecule has 0 nitrogen and oxygen atoms in total. The van der Waals surface area contributed by atoms with Crippen molar-refractivity contribution in [1.29, 1.82) is 0 Å². The zero-order valence-electron chi connectivity index (χ0n) is 8.99. The second-order valence-electron chi connectivity index (χ2n) is 5.29. The third kappa shape index (κ3) is 6.46. The van der Waals surface area contributed by atoms with E-state index < -0.39 is 0 Å². The Labute approximate surface area is 73.0 Å². The van der Waals surface area contributed by atoms with Crippen molar-refractivity contribution in [3.63, 3.8) is 0 Å². The fourth-order valence-electron chi connectivity index (χ4n) is 0.727. The molecular weight excluding hydrogens is 131 g/mol. The average Bonchev–Trinajstić information content (AvgIpc) is 1.83. The molecule has 1 heteroatoms. The van der Waals surface area contributed by atoms with Gasteiger partial charge in [0.05, 0.1) is 0 Å². The lowest BCUT2D eigenvalue weighted by Crippen LogP contribution is -2.18. The molecule has 0 N–H and O–H groups in total. The van der Waals surface area contributed by atoms with Gasteiger partial charge in [-0.1, -0.05) is 59.6 Å². The highest BCUT2D eigenvalue weighted by Crippen LogP contribution is 2.31. The number of rotatable bonds is 3. The summed E-state index contributed by atoms with van der Waals surface area (Å²) in [5.41, 5.74) is 0.493. The minimum Gasteiger partial charge on any atom is -0.0746 e. The third-order valence-electron chi connectivity index (χ3n) is 2.22. The summed E-state index contributed by atoms with van der Waals surface area (Å²) in [5, 5.41) is 0.381. The molecule has 0 aromatic rings. The largest absolute Gasteiger partial charge is 0.117 e. The first-order valence-corrected chi connectivity index (χ1v) is 4.61. The van der Waals surface area contributed by atoms with Crippen LogP contribution in [0.15, 0.2) is 0 Å². The Balaban J connectivity index is 3.70. The topological polar surface area (TPSA) is 0 Å². The van der Waals surface area contributed by atoms with Crippen molar-refractivity contribution in [3.8, 4) is 0 Å². The van der Waals surface area contributed by atoms with Crippen molar-refractivity contribution in [2.24, 2.45) is 5.41 Å². The van der Waals surface area contributed by atoms with E-state index in [1.165, 1.54) is 12.7 Å². The molecule has 0 amide bonds. The summed E-state index contributed by atoms with van der Waals surface area (Å²) in [6.45, 7) is 13.7. The molecule has 65 valence electrons. The maximum absolute atomic E-state index is 2.43. The maximum atomic E-state index is 2.43. The smallest absolute Gasteiger partial charge is 0.0746 e. The summed E-state index contributed by atoms with van der Waals surface area (Å²) in [7, 11) is 2.43. The molecule has 0 aromatic carbocycles. The summed E-state index contributed by atoms with van der Waals surface area (Å²) in [6.07, 6.45) is 2.49. The van der Waals surface area contributed by atoms with E-state index in [-0.39, 0.29) is 0 Å². The molecule has 0 aliphatic heterocycles. The van der Waals surface area contributed by atoms with E-state index >= 15 is 0 Å². The molecule has 0 unspecified atom stereocenters. The molecule has 0 fully saturated rings. The molecule has 0 atom stereocenters. The highest BCUT2D eigenvalue weighted by molar-refractivity contribution is 6.39. The van der Waals surface area contributed by atoms with E-state index in [0.717, 1.165) is 0 Å². The Hall–Kier alpha value is 0.0649. The predicted octanol–water partition coefficient (Wildman–Crippen LogP) is 3.76. The van der Waals surface area contributed by atoms with Gasteiger partial charge in [-0.3, -0.25) is 0 Å². The van der Waals surface area contributed by atoms with Gasteiger partial charge in [-0.25, -0.2) is 0 Å². The summed E-state index contributed by atoms with van der Waals surface area (Å²) in [6, 6.07) is 0. The lowest BCUT2D eigenvalue weighted by atomic mass is 9.49. The van der Waals surface area contributed by atoms with Crippen LogP contribution in [-0.4, -0.2) is 7.28 Å². The first-order valence-electron chi connectivity index (χ1n) is 4.61. The standard InChI is InChI=1S/C10H22B/c1-7-10(5,6)8-11-9(2,3)4/h7-8H2,1-6H3. The lowest BCUT2D eigenvalue weighted by molar-refractivity contribution is 0.393. The molecule has 0 heterocycles. The van der Waals surface area contributed by atoms with Crippen LogP contribution in [0.3, 0.4) is 0 Å². The van der Waals surface area contributed by atoms with Crippen LogP contribution in [0.2, 0.25) is 11.6 Å². The van der Waals surface area contributed by atoms with Crippen LogP contribution < -0.4 is 0 Å². The van der Waals surface area contributed by atoms with Gasteiger partial charge in [0.15, 0.2) is 0 Å². The summed E-state index contributed by atoms with van der Waals surface area (Å²) in [5.74, 6) is 0. The SMILES string of the molecule is CCC(C)(C)C[B]C(C)(C)C. The van der Waals surface area contributed by atoms with E-state index in [4.69, 9.17) is 0 Å². The Morgan fingerprint density at radius 1 is 1.00 bits per heavy atom. The van der Waals surface area contributed by atoms with Crippen molar-refractivity contribution < 1.29 is 0 Å². The highest BCUT2D eigenvalue weighted by atomic mass is 14.2. The Morgan fingerprint density at radius 2 is 1.45 bits per heavy atom. The molecule has 0 spiro atoms. The van der Waals surface area contributed by atoms with Crippen LogP contribution in [0.25, 0.3) is 0 Å². The molecule has 0 bridgehead atoms. The van der Waals surface area contributed by atoms with E-state index in [2.05, 4.69) is 48.8 Å². The van der Waals surface area contributed by atoms with Gasteiger partial charge in [-0.2, -0.15) is 0 Å². The van der Waals surface area contributed by atoms with Crippen LogP contribution in [0.1, 0.15) is 48.0 Å². The lowest BCUT2D eigenvalue weighted by Gasteiger charge is -2.26. The van der Waals surface area contributed by atoms with E-state index in [1.54, 1.807) is 0 Å². The monoisotopic (exact) mass is 153 g/mol. The minimum absolute atomic E-state index is 0.381. The van der Waals surface area contributed by atoms with Crippen LogP contribution in [0, 0.1) is 5.41 Å². The normalized spacial score (nSPS) is 13.3. The molecular formula is C10H22B. The predicted molar refractivity (Wildman–Crippen MR) is 54.3 cm³/mol. The van der Waals surface area contributed by atoms with Gasteiger partial charge in [0.2, 0.25) is 0 Å².